The summed E-state index contributed by atoms with van der Waals surface area (Å²) in [6.07, 6.45) is 3.55. The third kappa shape index (κ3) is 3.72. The number of aromatic nitrogens is 1. The van der Waals surface area contributed by atoms with E-state index in [2.05, 4.69) is 4.98 Å². The zero-order chi connectivity index (χ0) is 15.2. The van der Waals surface area contributed by atoms with Crippen LogP contribution >= 0.6 is 0 Å². The normalized spacial score (nSPS) is 10.8. The molecule has 0 unspecified atom stereocenters. The Labute approximate surface area is 123 Å². The minimum atomic E-state index is -0.470. The van der Waals surface area contributed by atoms with Crippen LogP contribution in [-0.2, 0) is 4.74 Å². The number of aryl methyl sites for hydroxylation is 1. The van der Waals surface area contributed by atoms with Gasteiger partial charge in [-0.05, 0) is 37.6 Å². The summed E-state index contributed by atoms with van der Waals surface area (Å²) in [5, 5.41) is 0. The molecular formula is C16H17NO4. The second kappa shape index (κ2) is 6.74. The smallest absolute Gasteiger partial charge is 0.360 e. The average Bonchev–Trinajstić information content (AvgIpc) is 2.87. The van der Waals surface area contributed by atoms with E-state index < -0.39 is 5.97 Å². The summed E-state index contributed by atoms with van der Waals surface area (Å²) >= 11 is 0. The first-order valence-electron chi connectivity index (χ1n) is 6.60. The highest BCUT2D eigenvalue weighted by Gasteiger charge is 2.16. The molecule has 0 radical (unpaired) electrons. The lowest BCUT2D eigenvalue weighted by molar-refractivity contribution is 0.0518. The Morgan fingerprint density at radius 3 is 2.62 bits per heavy atom. The van der Waals surface area contributed by atoms with E-state index in [9.17, 15) is 4.79 Å². The summed E-state index contributed by atoms with van der Waals surface area (Å²) in [4.78, 5) is 15.8. The third-order valence-corrected chi connectivity index (χ3v) is 2.82. The van der Waals surface area contributed by atoms with Crippen molar-refractivity contribution >= 4 is 18.1 Å². The van der Waals surface area contributed by atoms with Gasteiger partial charge in [0.2, 0.25) is 5.89 Å². The highest BCUT2D eigenvalue weighted by atomic mass is 16.5. The standard InChI is InChI=1S/C16H17NO4/c1-4-20-16(18)15-11(2)21-14(17-15)10-7-12-5-8-13(19-3)9-6-12/h5-10H,4H2,1-3H3/b10-7+. The number of hydrogen-bond donors (Lipinski definition) is 0. The number of esters is 1. The summed E-state index contributed by atoms with van der Waals surface area (Å²) in [7, 11) is 1.62. The van der Waals surface area contributed by atoms with Crippen molar-refractivity contribution in [3.05, 3.63) is 47.2 Å². The highest BCUT2D eigenvalue weighted by Crippen LogP contribution is 2.16. The van der Waals surface area contributed by atoms with Crippen LogP contribution in [0.1, 0.15) is 34.6 Å². The number of methoxy groups -OCH3 is 1. The van der Waals surface area contributed by atoms with E-state index in [0.717, 1.165) is 11.3 Å². The van der Waals surface area contributed by atoms with Crippen molar-refractivity contribution in [2.75, 3.05) is 13.7 Å². The van der Waals surface area contributed by atoms with Gasteiger partial charge < -0.3 is 13.9 Å². The molecule has 0 spiro atoms. The molecule has 0 aliphatic rings. The summed E-state index contributed by atoms with van der Waals surface area (Å²) < 4.78 is 15.4. The van der Waals surface area contributed by atoms with Gasteiger partial charge in [0.15, 0.2) is 5.69 Å². The summed E-state index contributed by atoms with van der Waals surface area (Å²) in [6, 6.07) is 7.56. The molecule has 5 nitrogen and oxygen atoms in total. The van der Waals surface area contributed by atoms with Crippen LogP contribution in [-0.4, -0.2) is 24.7 Å². The Hall–Kier alpha value is -2.56. The van der Waals surface area contributed by atoms with Crippen molar-refractivity contribution in [3.8, 4) is 5.75 Å². The topological polar surface area (TPSA) is 61.6 Å². The molecule has 2 rings (SSSR count). The number of hydrogen-bond acceptors (Lipinski definition) is 5. The maximum Gasteiger partial charge on any atom is 0.360 e. The number of ether oxygens (including phenoxy) is 2. The van der Waals surface area contributed by atoms with Crippen LogP contribution in [0.15, 0.2) is 28.7 Å². The van der Waals surface area contributed by atoms with Crippen LogP contribution in [0.4, 0.5) is 0 Å². The molecular weight excluding hydrogens is 270 g/mol. The lowest BCUT2D eigenvalue weighted by Crippen LogP contribution is -2.06. The monoisotopic (exact) mass is 287 g/mol. The molecule has 5 heteroatoms. The predicted molar refractivity (Wildman–Crippen MR) is 79.1 cm³/mol. The van der Waals surface area contributed by atoms with Crippen molar-refractivity contribution < 1.29 is 18.7 Å². The molecule has 1 aromatic heterocycles. The molecule has 0 bridgehead atoms. The Balaban J connectivity index is 2.13. The molecule has 2 aromatic rings. The first kappa shape index (κ1) is 14.8. The summed E-state index contributed by atoms with van der Waals surface area (Å²) in [6.45, 7) is 3.74. The van der Waals surface area contributed by atoms with Crippen molar-refractivity contribution in [1.29, 1.82) is 0 Å². The maximum atomic E-state index is 11.6. The molecule has 0 amide bonds. The second-order valence-corrected chi connectivity index (χ2v) is 4.28. The number of carbonyl (C=O) groups excluding carboxylic acids is 1. The van der Waals surface area contributed by atoms with E-state index in [-0.39, 0.29) is 5.69 Å². The summed E-state index contributed by atoms with van der Waals surface area (Å²) in [5.74, 6) is 1.14. The van der Waals surface area contributed by atoms with E-state index >= 15 is 0 Å². The van der Waals surface area contributed by atoms with Crippen LogP contribution < -0.4 is 4.74 Å². The fourth-order valence-corrected chi connectivity index (χ4v) is 1.76. The second-order valence-electron chi connectivity index (χ2n) is 4.28. The first-order valence-corrected chi connectivity index (χ1v) is 6.60. The SMILES string of the molecule is CCOC(=O)c1nc(/C=C/c2ccc(OC)cc2)oc1C. The van der Waals surface area contributed by atoms with Crippen LogP contribution in [0.2, 0.25) is 0 Å². The predicted octanol–water partition coefficient (Wildman–Crippen LogP) is 3.34. The van der Waals surface area contributed by atoms with E-state index in [1.165, 1.54) is 0 Å². The first-order chi connectivity index (χ1) is 10.1. The van der Waals surface area contributed by atoms with Crippen molar-refractivity contribution in [2.24, 2.45) is 0 Å². The van der Waals surface area contributed by atoms with Gasteiger partial charge in [-0.3, -0.25) is 0 Å². The van der Waals surface area contributed by atoms with Crippen LogP contribution in [0.5, 0.6) is 5.75 Å². The van der Waals surface area contributed by atoms with Crippen molar-refractivity contribution in [2.45, 2.75) is 13.8 Å². The number of benzene rings is 1. The van der Waals surface area contributed by atoms with Crippen LogP contribution in [0.3, 0.4) is 0 Å². The van der Waals surface area contributed by atoms with Crippen molar-refractivity contribution in [1.82, 2.24) is 4.98 Å². The molecule has 1 aromatic carbocycles. The van der Waals surface area contributed by atoms with E-state index in [1.807, 2.05) is 30.3 Å². The Bertz CT molecular complexity index is 641. The molecule has 0 saturated carbocycles. The minimum Gasteiger partial charge on any atom is -0.497 e. The Morgan fingerprint density at radius 1 is 1.29 bits per heavy atom. The van der Waals surface area contributed by atoms with Crippen LogP contribution in [0, 0.1) is 6.92 Å². The van der Waals surface area contributed by atoms with Gasteiger partial charge in [0, 0.05) is 6.08 Å². The minimum absolute atomic E-state index is 0.214. The van der Waals surface area contributed by atoms with Gasteiger partial charge >= 0.3 is 5.97 Å². The number of nitrogens with zero attached hydrogens (tertiary/aromatic N) is 1. The lowest BCUT2D eigenvalue weighted by Gasteiger charge is -1.98. The summed E-state index contributed by atoms with van der Waals surface area (Å²) in [5.41, 5.74) is 1.19. The number of oxazole rings is 1. The van der Waals surface area contributed by atoms with Gasteiger partial charge in [-0.1, -0.05) is 12.1 Å². The largest absolute Gasteiger partial charge is 0.497 e. The van der Waals surface area contributed by atoms with Gasteiger partial charge in [-0.25, -0.2) is 9.78 Å². The third-order valence-electron chi connectivity index (χ3n) is 2.82. The number of carbonyl (C=O) groups is 1. The van der Waals surface area contributed by atoms with Gasteiger partial charge in [0.1, 0.15) is 11.5 Å². The zero-order valence-electron chi connectivity index (χ0n) is 12.3. The molecule has 0 aliphatic heterocycles. The Morgan fingerprint density at radius 2 is 2.00 bits per heavy atom. The van der Waals surface area contributed by atoms with Gasteiger partial charge in [-0.15, -0.1) is 0 Å². The Kier molecular flexibility index (Phi) is 4.77. The van der Waals surface area contributed by atoms with Crippen molar-refractivity contribution in [3.63, 3.8) is 0 Å². The average molecular weight is 287 g/mol. The maximum absolute atomic E-state index is 11.6. The van der Waals surface area contributed by atoms with Gasteiger partial charge in [0.05, 0.1) is 13.7 Å². The fourth-order valence-electron chi connectivity index (χ4n) is 1.76. The fraction of sp³-hybridized carbons (Fsp3) is 0.250. The van der Waals surface area contributed by atoms with E-state index in [1.54, 1.807) is 27.0 Å². The molecule has 21 heavy (non-hydrogen) atoms. The molecule has 0 saturated heterocycles. The molecule has 1 heterocycles. The highest BCUT2D eigenvalue weighted by molar-refractivity contribution is 5.88. The van der Waals surface area contributed by atoms with Crippen LogP contribution in [0.25, 0.3) is 12.2 Å². The quantitative estimate of drug-likeness (QED) is 0.789. The molecule has 0 aliphatic carbocycles. The molecule has 0 fully saturated rings. The lowest BCUT2D eigenvalue weighted by atomic mass is 10.2. The zero-order valence-corrected chi connectivity index (χ0v) is 12.3. The molecule has 0 atom stereocenters. The molecule has 110 valence electrons. The molecule has 0 N–H and O–H groups in total. The van der Waals surface area contributed by atoms with E-state index in [0.29, 0.717) is 18.3 Å². The van der Waals surface area contributed by atoms with E-state index in [4.69, 9.17) is 13.9 Å². The van der Waals surface area contributed by atoms with Gasteiger partial charge in [0.25, 0.3) is 0 Å². The van der Waals surface area contributed by atoms with Gasteiger partial charge in [-0.2, -0.15) is 0 Å². The number of rotatable bonds is 5.